The van der Waals surface area contributed by atoms with E-state index < -0.39 is 0 Å². The summed E-state index contributed by atoms with van der Waals surface area (Å²) in [7, 11) is 2.01. The zero-order chi connectivity index (χ0) is 14.8. The van der Waals surface area contributed by atoms with E-state index in [-0.39, 0.29) is 0 Å². The zero-order valence-corrected chi connectivity index (χ0v) is 14.0. The van der Waals surface area contributed by atoms with E-state index in [1.807, 2.05) is 18.4 Å². The van der Waals surface area contributed by atoms with Crippen LogP contribution >= 0.6 is 11.3 Å². The lowest BCUT2D eigenvalue weighted by Crippen LogP contribution is -2.10. The summed E-state index contributed by atoms with van der Waals surface area (Å²) in [6.07, 6.45) is 3.74. The van der Waals surface area contributed by atoms with Gasteiger partial charge in [-0.15, -0.1) is 11.3 Å². The highest BCUT2D eigenvalue weighted by molar-refractivity contribution is 7.11. The molecule has 21 heavy (non-hydrogen) atoms. The summed E-state index contributed by atoms with van der Waals surface area (Å²) in [5.74, 6) is 1.00. The van der Waals surface area contributed by atoms with Crippen LogP contribution in [-0.4, -0.2) is 12.0 Å². The number of nitrogens with zero attached hydrogens (tertiary/aromatic N) is 1. The lowest BCUT2D eigenvalue weighted by atomic mass is 9.83. The van der Waals surface area contributed by atoms with Gasteiger partial charge in [0.15, 0.2) is 0 Å². The summed E-state index contributed by atoms with van der Waals surface area (Å²) in [4.78, 5) is 6.44. The van der Waals surface area contributed by atoms with Gasteiger partial charge < -0.3 is 5.32 Å². The van der Waals surface area contributed by atoms with Gasteiger partial charge in [0.2, 0.25) is 0 Å². The molecule has 0 aliphatic heterocycles. The topological polar surface area (TPSA) is 24.9 Å². The monoisotopic (exact) mass is 300 g/mol. The van der Waals surface area contributed by atoms with E-state index in [0.717, 1.165) is 6.54 Å². The molecule has 3 heteroatoms. The minimum atomic E-state index is 0.497. The molecule has 0 saturated carbocycles. The van der Waals surface area contributed by atoms with E-state index in [1.54, 1.807) is 0 Å². The van der Waals surface area contributed by atoms with Crippen LogP contribution in [0.4, 0.5) is 0 Å². The number of aromatic nitrogens is 1. The molecule has 3 rings (SSSR count). The van der Waals surface area contributed by atoms with E-state index in [2.05, 4.69) is 43.4 Å². The SMILES string of the molecule is CNCc1sc(C2CCCc3ccccc32)nc1C(C)C. The van der Waals surface area contributed by atoms with Crippen LogP contribution < -0.4 is 5.32 Å². The number of aryl methyl sites for hydroxylation is 1. The molecule has 1 aromatic carbocycles. The fraction of sp³-hybridized carbons (Fsp3) is 0.500. The van der Waals surface area contributed by atoms with Gasteiger partial charge >= 0.3 is 0 Å². The molecule has 0 saturated heterocycles. The quantitative estimate of drug-likeness (QED) is 0.902. The van der Waals surface area contributed by atoms with Crippen molar-refractivity contribution in [1.29, 1.82) is 0 Å². The Morgan fingerprint density at radius 2 is 2.14 bits per heavy atom. The molecule has 1 N–H and O–H groups in total. The summed E-state index contributed by atoms with van der Waals surface area (Å²) in [5, 5.41) is 4.60. The minimum Gasteiger partial charge on any atom is -0.315 e. The maximum atomic E-state index is 5.03. The van der Waals surface area contributed by atoms with E-state index in [0.29, 0.717) is 11.8 Å². The first-order valence-corrected chi connectivity index (χ1v) is 8.74. The highest BCUT2D eigenvalue weighted by Crippen LogP contribution is 2.40. The largest absolute Gasteiger partial charge is 0.315 e. The number of benzene rings is 1. The molecule has 1 unspecified atom stereocenters. The molecule has 0 amide bonds. The molecule has 1 aliphatic rings. The van der Waals surface area contributed by atoms with Crippen molar-refractivity contribution in [3.63, 3.8) is 0 Å². The van der Waals surface area contributed by atoms with E-state index >= 15 is 0 Å². The molecule has 1 heterocycles. The highest BCUT2D eigenvalue weighted by Gasteiger charge is 2.26. The van der Waals surface area contributed by atoms with Gasteiger partial charge in [-0.1, -0.05) is 38.1 Å². The Morgan fingerprint density at radius 1 is 1.33 bits per heavy atom. The number of fused-ring (bicyclic) bond motifs is 1. The second-order valence-electron chi connectivity index (χ2n) is 6.19. The van der Waals surface area contributed by atoms with Crippen LogP contribution in [0, 0.1) is 0 Å². The molecule has 1 atom stereocenters. The van der Waals surface area contributed by atoms with Gasteiger partial charge in [0, 0.05) is 17.3 Å². The number of hydrogen-bond donors (Lipinski definition) is 1. The van der Waals surface area contributed by atoms with E-state index in [9.17, 15) is 0 Å². The molecular weight excluding hydrogens is 276 g/mol. The first-order valence-electron chi connectivity index (χ1n) is 7.92. The van der Waals surface area contributed by atoms with Crippen LogP contribution in [0.1, 0.15) is 65.2 Å². The molecule has 0 bridgehead atoms. The molecule has 112 valence electrons. The zero-order valence-electron chi connectivity index (χ0n) is 13.1. The molecule has 1 aliphatic carbocycles. The second kappa shape index (κ2) is 6.29. The highest BCUT2D eigenvalue weighted by atomic mass is 32.1. The lowest BCUT2D eigenvalue weighted by molar-refractivity contribution is 0.610. The molecule has 0 radical (unpaired) electrons. The van der Waals surface area contributed by atoms with Crippen molar-refractivity contribution in [2.45, 2.75) is 51.5 Å². The van der Waals surface area contributed by atoms with Crippen LogP contribution in [0.25, 0.3) is 0 Å². The number of thiazole rings is 1. The van der Waals surface area contributed by atoms with Gasteiger partial charge in [-0.05, 0) is 43.4 Å². The van der Waals surface area contributed by atoms with Gasteiger partial charge in [-0.2, -0.15) is 0 Å². The molecule has 2 nitrogen and oxygen atoms in total. The average molecular weight is 300 g/mol. The summed E-state index contributed by atoms with van der Waals surface area (Å²) in [6.45, 7) is 5.42. The Balaban J connectivity index is 2.00. The summed E-state index contributed by atoms with van der Waals surface area (Å²) < 4.78 is 0. The van der Waals surface area contributed by atoms with Crippen molar-refractivity contribution in [3.05, 3.63) is 51.0 Å². The maximum Gasteiger partial charge on any atom is 0.101 e. The van der Waals surface area contributed by atoms with Gasteiger partial charge in [-0.25, -0.2) is 4.98 Å². The fourth-order valence-corrected chi connectivity index (χ4v) is 4.67. The third-order valence-corrected chi connectivity index (χ3v) is 5.48. The van der Waals surface area contributed by atoms with Crippen molar-refractivity contribution in [3.8, 4) is 0 Å². The van der Waals surface area contributed by atoms with Gasteiger partial charge in [-0.3, -0.25) is 0 Å². The minimum absolute atomic E-state index is 0.497. The van der Waals surface area contributed by atoms with E-state index in [4.69, 9.17) is 4.98 Å². The standard InChI is InChI=1S/C18H24N2S/c1-12(2)17-16(11-19-3)21-18(20-17)15-10-6-8-13-7-4-5-9-14(13)15/h4-5,7,9,12,15,19H,6,8,10-11H2,1-3H3. The predicted molar refractivity (Wildman–Crippen MR) is 90.2 cm³/mol. The Bertz CT molecular complexity index is 615. The molecule has 2 aromatic rings. The normalized spacial score (nSPS) is 18.0. The van der Waals surface area contributed by atoms with Crippen LogP contribution in [0.3, 0.4) is 0 Å². The van der Waals surface area contributed by atoms with Crippen LogP contribution in [0.2, 0.25) is 0 Å². The van der Waals surface area contributed by atoms with Gasteiger partial charge in [0.05, 0.1) is 5.69 Å². The predicted octanol–water partition coefficient (Wildman–Crippen LogP) is 4.45. The maximum absolute atomic E-state index is 5.03. The summed E-state index contributed by atoms with van der Waals surface area (Å²) in [6, 6.07) is 8.91. The molecule has 0 fully saturated rings. The van der Waals surface area contributed by atoms with Crippen molar-refractivity contribution in [1.82, 2.24) is 10.3 Å². The Morgan fingerprint density at radius 3 is 2.90 bits per heavy atom. The third kappa shape index (κ3) is 2.90. The van der Waals surface area contributed by atoms with Crippen molar-refractivity contribution >= 4 is 11.3 Å². The summed E-state index contributed by atoms with van der Waals surface area (Å²) >= 11 is 1.91. The first kappa shape index (κ1) is 14.7. The molecule has 0 spiro atoms. The third-order valence-electron chi connectivity index (χ3n) is 4.30. The number of rotatable bonds is 4. The van der Waals surface area contributed by atoms with Crippen molar-refractivity contribution in [2.75, 3.05) is 7.05 Å². The molecular formula is C18H24N2S. The smallest absolute Gasteiger partial charge is 0.101 e. The first-order chi connectivity index (χ1) is 10.2. The van der Waals surface area contributed by atoms with Crippen molar-refractivity contribution in [2.24, 2.45) is 0 Å². The average Bonchev–Trinajstić information content (AvgIpc) is 2.91. The summed E-state index contributed by atoms with van der Waals surface area (Å²) in [5.41, 5.74) is 4.31. The fourth-order valence-electron chi connectivity index (χ4n) is 3.28. The van der Waals surface area contributed by atoms with Crippen LogP contribution in [-0.2, 0) is 13.0 Å². The number of hydrogen-bond acceptors (Lipinski definition) is 3. The number of nitrogens with one attached hydrogen (secondary N) is 1. The lowest BCUT2D eigenvalue weighted by Gasteiger charge is -2.23. The molecule has 1 aromatic heterocycles. The van der Waals surface area contributed by atoms with Gasteiger partial charge in [0.25, 0.3) is 0 Å². The Hall–Kier alpha value is -1.19. The van der Waals surface area contributed by atoms with Crippen LogP contribution in [0.15, 0.2) is 24.3 Å². The Kier molecular flexibility index (Phi) is 4.41. The van der Waals surface area contributed by atoms with Crippen LogP contribution in [0.5, 0.6) is 0 Å². The van der Waals surface area contributed by atoms with Gasteiger partial charge in [0.1, 0.15) is 5.01 Å². The van der Waals surface area contributed by atoms with Crippen molar-refractivity contribution < 1.29 is 0 Å². The second-order valence-corrected chi connectivity index (χ2v) is 7.30. The Labute approximate surface area is 131 Å². The van der Waals surface area contributed by atoms with E-state index in [1.165, 1.54) is 46.0 Å².